The summed E-state index contributed by atoms with van der Waals surface area (Å²) in [5.41, 5.74) is 0.484. The second-order valence-corrected chi connectivity index (χ2v) is 5.91. The van der Waals surface area contributed by atoms with E-state index in [1.165, 1.54) is 32.2 Å². The van der Waals surface area contributed by atoms with Gasteiger partial charge in [0, 0.05) is 6.07 Å². The summed E-state index contributed by atoms with van der Waals surface area (Å²) in [7, 11) is 1.49. The third-order valence-corrected chi connectivity index (χ3v) is 3.92. The molecule has 0 aliphatic rings. The Morgan fingerprint density at radius 1 is 0.828 bits per heavy atom. The lowest BCUT2D eigenvalue weighted by Crippen LogP contribution is -2.12. The maximum Gasteiger partial charge on any atom is 0.343 e. The van der Waals surface area contributed by atoms with Gasteiger partial charge in [0.05, 0.1) is 38.1 Å². The van der Waals surface area contributed by atoms with Crippen LogP contribution in [0.4, 0.5) is 0 Å². The van der Waals surface area contributed by atoms with Crippen molar-refractivity contribution in [3.05, 3.63) is 41.5 Å². The van der Waals surface area contributed by atoms with Crippen LogP contribution in [0.3, 0.4) is 0 Å². The van der Waals surface area contributed by atoms with E-state index >= 15 is 0 Å². The van der Waals surface area contributed by atoms with Crippen LogP contribution in [0, 0.1) is 0 Å². The molecule has 0 aromatic heterocycles. The normalized spacial score (nSPS) is 10.2. The van der Waals surface area contributed by atoms with Gasteiger partial charge in [-0.25, -0.2) is 4.79 Å². The summed E-state index contributed by atoms with van der Waals surface area (Å²) in [6.07, 6.45) is 0. The molecule has 0 unspecified atom stereocenters. The highest BCUT2D eigenvalue weighted by molar-refractivity contribution is 5.99. The molecule has 7 heteroatoms. The van der Waals surface area contributed by atoms with Crippen molar-refractivity contribution in [2.24, 2.45) is 0 Å². The van der Waals surface area contributed by atoms with Gasteiger partial charge in [0.1, 0.15) is 11.5 Å². The fraction of sp³-hybridized carbons (Fsp3) is 0.364. The second-order valence-electron chi connectivity index (χ2n) is 5.91. The van der Waals surface area contributed by atoms with Gasteiger partial charge in [-0.3, -0.25) is 4.79 Å². The highest BCUT2D eigenvalue weighted by Crippen LogP contribution is 2.39. The van der Waals surface area contributed by atoms with Crippen molar-refractivity contribution in [1.29, 1.82) is 0 Å². The van der Waals surface area contributed by atoms with Crippen molar-refractivity contribution < 1.29 is 33.3 Å². The molecule has 29 heavy (non-hydrogen) atoms. The quantitative estimate of drug-likeness (QED) is 0.333. The molecule has 0 atom stereocenters. The average Bonchev–Trinajstić information content (AvgIpc) is 2.70. The Hall–Kier alpha value is -3.22. The number of hydrogen-bond acceptors (Lipinski definition) is 7. The van der Waals surface area contributed by atoms with E-state index in [-0.39, 0.29) is 22.7 Å². The highest BCUT2D eigenvalue weighted by Gasteiger charge is 2.21. The van der Waals surface area contributed by atoms with E-state index in [1.54, 1.807) is 12.1 Å². The number of carbonyl (C=O) groups excluding carboxylic acids is 2. The van der Waals surface area contributed by atoms with E-state index in [2.05, 4.69) is 0 Å². The number of benzene rings is 2. The molecule has 0 spiro atoms. The standard InChI is InChI=1S/C22H26O7/c1-6-26-19-11-15(12-20(27-7-2)21(19)28-8-3)22(24)29-18-13-16(25-5)9-10-17(18)14(4)23/h9-13H,6-8H2,1-5H3. The summed E-state index contributed by atoms with van der Waals surface area (Å²) < 4.78 is 27.6. The molecule has 0 amide bonds. The molecule has 0 radical (unpaired) electrons. The second kappa shape index (κ2) is 10.4. The number of hydrogen-bond donors (Lipinski definition) is 0. The van der Waals surface area contributed by atoms with Crippen LogP contribution in [0.15, 0.2) is 30.3 Å². The number of esters is 1. The first-order valence-electron chi connectivity index (χ1n) is 9.42. The van der Waals surface area contributed by atoms with Gasteiger partial charge in [-0.05, 0) is 52.0 Å². The van der Waals surface area contributed by atoms with Crippen LogP contribution < -0.4 is 23.7 Å². The Kier molecular flexibility index (Phi) is 7.88. The molecule has 0 aliphatic carbocycles. The number of rotatable bonds is 10. The molecule has 2 rings (SSSR count). The summed E-state index contributed by atoms with van der Waals surface area (Å²) in [5, 5.41) is 0. The maximum atomic E-state index is 12.8. The van der Waals surface area contributed by atoms with Crippen molar-refractivity contribution in [3.63, 3.8) is 0 Å². The van der Waals surface area contributed by atoms with E-state index in [1.807, 2.05) is 20.8 Å². The largest absolute Gasteiger partial charge is 0.497 e. The van der Waals surface area contributed by atoms with Crippen LogP contribution in [0.1, 0.15) is 48.4 Å². The first-order valence-corrected chi connectivity index (χ1v) is 9.42. The van der Waals surface area contributed by atoms with Crippen molar-refractivity contribution in [2.75, 3.05) is 26.9 Å². The molecule has 7 nitrogen and oxygen atoms in total. The lowest BCUT2D eigenvalue weighted by atomic mass is 10.1. The van der Waals surface area contributed by atoms with Crippen LogP contribution in [0.2, 0.25) is 0 Å². The molecule has 0 bridgehead atoms. The van der Waals surface area contributed by atoms with Crippen molar-refractivity contribution in [1.82, 2.24) is 0 Å². The average molecular weight is 402 g/mol. The Balaban J connectivity index is 2.46. The SMILES string of the molecule is CCOc1cc(C(=O)Oc2cc(OC)ccc2C(C)=O)cc(OCC)c1OCC. The predicted octanol–water partition coefficient (Wildman–Crippen LogP) is 4.31. The summed E-state index contributed by atoms with van der Waals surface area (Å²) in [6, 6.07) is 7.75. The molecule has 0 heterocycles. The number of carbonyl (C=O) groups is 2. The van der Waals surface area contributed by atoms with E-state index in [0.29, 0.717) is 42.8 Å². The fourth-order valence-electron chi connectivity index (χ4n) is 2.67. The van der Waals surface area contributed by atoms with E-state index in [9.17, 15) is 9.59 Å². The zero-order valence-corrected chi connectivity index (χ0v) is 17.4. The van der Waals surface area contributed by atoms with E-state index in [0.717, 1.165) is 0 Å². The minimum atomic E-state index is -0.661. The van der Waals surface area contributed by atoms with Crippen molar-refractivity contribution >= 4 is 11.8 Å². The number of ether oxygens (including phenoxy) is 5. The monoisotopic (exact) mass is 402 g/mol. The first kappa shape index (κ1) is 22.1. The fourth-order valence-corrected chi connectivity index (χ4v) is 2.67. The maximum absolute atomic E-state index is 12.8. The predicted molar refractivity (Wildman–Crippen MR) is 108 cm³/mol. The van der Waals surface area contributed by atoms with Crippen molar-refractivity contribution in [2.45, 2.75) is 27.7 Å². The number of Topliss-reactive ketones (excluding diaryl/α,β-unsaturated/α-hetero) is 1. The van der Waals surface area contributed by atoms with Gasteiger partial charge in [-0.1, -0.05) is 0 Å². The molecule has 2 aromatic carbocycles. The minimum Gasteiger partial charge on any atom is -0.497 e. The Labute approximate surface area is 170 Å². The third kappa shape index (κ3) is 5.40. The van der Waals surface area contributed by atoms with E-state index in [4.69, 9.17) is 23.7 Å². The number of ketones is 1. The zero-order valence-electron chi connectivity index (χ0n) is 17.4. The van der Waals surface area contributed by atoms with Crippen molar-refractivity contribution in [3.8, 4) is 28.7 Å². The molecule has 0 saturated carbocycles. The summed E-state index contributed by atoms with van der Waals surface area (Å²) in [6.45, 7) is 8.09. The van der Waals surface area contributed by atoms with Crippen LogP contribution >= 0.6 is 0 Å². The zero-order chi connectivity index (χ0) is 21.4. The van der Waals surface area contributed by atoms with Gasteiger partial charge in [-0.2, -0.15) is 0 Å². The van der Waals surface area contributed by atoms with Crippen LogP contribution in [-0.2, 0) is 0 Å². The smallest absolute Gasteiger partial charge is 0.343 e. The number of methoxy groups -OCH3 is 1. The lowest BCUT2D eigenvalue weighted by molar-refractivity contribution is 0.0731. The van der Waals surface area contributed by atoms with Gasteiger partial charge in [0.2, 0.25) is 5.75 Å². The molecule has 0 fully saturated rings. The molecule has 0 N–H and O–H groups in total. The topological polar surface area (TPSA) is 80.3 Å². The molecule has 0 aliphatic heterocycles. The Bertz CT molecular complexity index is 846. The highest BCUT2D eigenvalue weighted by atomic mass is 16.5. The van der Waals surface area contributed by atoms with Gasteiger partial charge in [-0.15, -0.1) is 0 Å². The minimum absolute atomic E-state index is 0.117. The molecule has 156 valence electrons. The lowest BCUT2D eigenvalue weighted by Gasteiger charge is -2.17. The van der Waals surface area contributed by atoms with Crippen LogP contribution in [0.25, 0.3) is 0 Å². The first-order chi connectivity index (χ1) is 13.9. The summed E-state index contributed by atoms with van der Waals surface area (Å²) in [5.74, 6) is 0.881. The summed E-state index contributed by atoms with van der Waals surface area (Å²) >= 11 is 0. The van der Waals surface area contributed by atoms with E-state index < -0.39 is 5.97 Å². The Morgan fingerprint density at radius 2 is 1.41 bits per heavy atom. The molecular formula is C22H26O7. The molecular weight excluding hydrogens is 376 g/mol. The summed E-state index contributed by atoms with van der Waals surface area (Å²) in [4.78, 5) is 24.7. The van der Waals surface area contributed by atoms with Gasteiger partial charge in [0.15, 0.2) is 17.3 Å². The Morgan fingerprint density at radius 3 is 1.90 bits per heavy atom. The van der Waals surface area contributed by atoms with Crippen LogP contribution in [0.5, 0.6) is 28.7 Å². The van der Waals surface area contributed by atoms with Gasteiger partial charge >= 0.3 is 5.97 Å². The van der Waals surface area contributed by atoms with Crippen LogP contribution in [-0.4, -0.2) is 38.7 Å². The molecule has 0 saturated heterocycles. The molecule has 2 aromatic rings. The van der Waals surface area contributed by atoms with Gasteiger partial charge in [0.25, 0.3) is 0 Å². The van der Waals surface area contributed by atoms with Gasteiger partial charge < -0.3 is 23.7 Å². The third-order valence-electron chi connectivity index (χ3n) is 3.92.